The van der Waals surface area contributed by atoms with Gasteiger partial charge in [-0.15, -0.1) is 0 Å². The number of nitrogens with zero attached hydrogens (tertiary/aromatic N) is 4. The first-order valence-corrected chi connectivity index (χ1v) is 7.71. The molecule has 0 amide bonds. The molecule has 21 heavy (non-hydrogen) atoms. The van der Waals surface area contributed by atoms with Crippen LogP contribution < -0.4 is 10.6 Å². The van der Waals surface area contributed by atoms with Crippen LogP contribution in [0.5, 0.6) is 0 Å². The number of piperidine rings is 1. The highest BCUT2D eigenvalue weighted by Crippen LogP contribution is 2.25. The quantitative estimate of drug-likeness (QED) is 0.379. The Morgan fingerprint density at radius 2 is 2.10 bits per heavy atom. The Bertz CT molecular complexity index is 513. The summed E-state index contributed by atoms with van der Waals surface area (Å²) in [7, 11) is 0. The molecule has 1 unspecified atom stereocenters. The molecule has 2 aliphatic heterocycles. The summed E-state index contributed by atoms with van der Waals surface area (Å²) >= 11 is 0. The number of pyridine rings is 1. The Labute approximate surface area is 125 Å². The van der Waals surface area contributed by atoms with Gasteiger partial charge in [-0.25, -0.2) is 0 Å². The molecule has 2 aliphatic rings. The van der Waals surface area contributed by atoms with E-state index in [2.05, 4.69) is 19.9 Å². The molecule has 1 aromatic rings. The van der Waals surface area contributed by atoms with Crippen molar-refractivity contribution >= 4 is 11.5 Å². The summed E-state index contributed by atoms with van der Waals surface area (Å²) < 4.78 is 0. The van der Waals surface area contributed by atoms with Gasteiger partial charge >= 0.3 is 0 Å². The van der Waals surface area contributed by atoms with E-state index in [1.165, 1.54) is 38.8 Å². The number of hydrogen-bond acceptors (Lipinski definition) is 5. The van der Waals surface area contributed by atoms with Crippen molar-refractivity contribution in [1.29, 1.82) is 0 Å². The first kappa shape index (κ1) is 14.1. The maximum absolute atomic E-state index is 8.76. The number of nitrogens with two attached hydrogens (primary N) is 1. The van der Waals surface area contributed by atoms with Crippen LogP contribution in [0.4, 0.5) is 5.69 Å². The molecule has 0 radical (unpaired) electrons. The second kappa shape index (κ2) is 6.30. The average Bonchev–Trinajstić information content (AvgIpc) is 3.05. The molecular weight excluding hydrogens is 266 g/mol. The van der Waals surface area contributed by atoms with E-state index in [4.69, 9.17) is 10.9 Å². The van der Waals surface area contributed by atoms with Crippen LogP contribution in [0.1, 0.15) is 31.4 Å². The maximum atomic E-state index is 8.76. The Hall–Kier alpha value is -1.82. The molecule has 1 aromatic heterocycles. The van der Waals surface area contributed by atoms with Gasteiger partial charge in [-0.1, -0.05) is 11.6 Å². The molecule has 2 fully saturated rings. The molecule has 114 valence electrons. The molecule has 0 aromatic carbocycles. The molecule has 0 bridgehead atoms. The van der Waals surface area contributed by atoms with E-state index in [1.54, 1.807) is 6.20 Å². The molecule has 0 saturated carbocycles. The predicted octanol–water partition coefficient (Wildman–Crippen LogP) is 1.24. The number of hydrogen-bond donors (Lipinski definition) is 2. The standard InChI is InChI=1S/C15H23N5O/c16-15(18-21)14-10-12(4-6-17-14)20-9-5-13(11-20)19-7-2-1-3-8-19/h4,6,10,13,21H,1-3,5,7-9,11H2,(H2,16,18). The first-order valence-electron chi connectivity index (χ1n) is 7.71. The van der Waals surface area contributed by atoms with Gasteiger partial charge in [0.05, 0.1) is 0 Å². The molecule has 3 N–H and O–H groups in total. The van der Waals surface area contributed by atoms with E-state index in [0.29, 0.717) is 11.7 Å². The van der Waals surface area contributed by atoms with Crippen LogP contribution in [0.3, 0.4) is 0 Å². The second-order valence-electron chi connectivity index (χ2n) is 5.87. The smallest absolute Gasteiger partial charge is 0.188 e. The van der Waals surface area contributed by atoms with Gasteiger partial charge in [0, 0.05) is 31.0 Å². The van der Waals surface area contributed by atoms with Crippen LogP contribution in [0.25, 0.3) is 0 Å². The van der Waals surface area contributed by atoms with Crippen molar-refractivity contribution in [3.63, 3.8) is 0 Å². The SMILES string of the molecule is NC(=NO)c1cc(N2CCC(N3CCCCC3)C2)ccn1. The fraction of sp³-hybridized carbons (Fsp3) is 0.600. The van der Waals surface area contributed by atoms with Crippen LogP contribution in [0.2, 0.25) is 0 Å². The fourth-order valence-corrected chi connectivity index (χ4v) is 3.37. The third-order valence-corrected chi connectivity index (χ3v) is 4.55. The van der Waals surface area contributed by atoms with Crippen LogP contribution in [0.15, 0.2) is 23.5 Å². The summed E-state index contributed by atoms with van der Waals surface area (Å²) in [4.78, 5) is 9.14. The number of aromatic nitrogens is 1. The summed E-state index contributed by atoms with van der Waals surface area (Å²) in [5, 5.41) is 11.8. The Morgan fingerprint density at radius 1 is 1.29 bits per heavy atom. The fourth-order valence-electron chi connectivity index (χ4n) is 3.37. The van der Waals surface area contributed by atoms with Gasteiger partial charge in [-0.05, 0) is 44.5 Å². The highest BCUT2D eigenvalue weighted by atomic mass is 16.4. The summed E-state index contributed by atoms with van der Waals surface area (Å²) in [6, 6.07) is 4.55. The van der Waals surface area contributed by atoms with Crippen LogP contribution in [-0.4, -0.2) is 53.1 Å². The zero-order valence-electron chi connectivity index (χ0n) is 12.3. The Balaban J connectivity index is 1.68. The van der Waals surface area contributed by atoms with Crippen molar-refractivity contribution < 1.29 is 5.21 Å². The lowest BCUT2D eigenvalue weighted by molar-refractivity contribution is 0.175. The summed E-state index contributed by atoms with van der Waals surface area (Å²) in [5.74, 6) is 0.0589. The summed E-state index contributed by atoms with van der Waals surface area (Å²) in [6.45, 7) is 4.59. The molecule has 2 saturated heterocycles. The number of likely N-dealkylation sites (tertiary alicyclic amines) is 1. The lowest BCUT2D eigenvalue weighted by Crippen LogP contribution is -2.40. The van der Waals surface area contributed by atoms with Gasteiger partial charge in [0.2, 0.25) is 0 Å². The average molecular weight is 289 g/mol. The van der Waals surface area contributed by atoms with Crippen LogP contribution >= 0.6 is 0 Å². The van der Waals surface area contributed by atoms with Crippen LogP contribution in [-0.2, 0) is 0 Å². The van der Waals surface area contributed by atoms with Crippen molar-refractivity contribution in [2.75, 3.05) is 31.1 Å². The van der Waals surface area contributed by atoms with E-state index in [9.17, 15) is 0 Å². The molecule has 3 rings (SSSR count). The largest absolute Gasteiger partial charge is 0.409 e. The summed E-state index contributed by atoms with van der Waals surface area (Å²) in [6.07, 6.45) is 6.97. The van der Waals surface area contributed by atoms with Gasteiger partial charge in [0.15, 0.2) is 5.84 Å². The third kappa shape index (κ3) is 3.10. The van der Waals surface area contributed by atoms with Gasteiger partial charge in [-0.2, -0.15) is 0 Å². The lowest BCUT2D eigenvalue weighted by atomic mass is 10.1. The monoisotopic (exact) mass is 289 g/mol. The Morgan fingerprint density at radius 3 is 2.86 bits per heavy atom. The number of amidine groups is 1. The van der Waals surface area contributed by atoms with Crippen molar-refractivity contribution in [2.45, 2.75) is 31.7 Å². The molecular formula is C15H23N5O. The molecule has 3 heterocycles. The third-order valence-electron chi connectivity index (χ3n) is 4.55. The normalized spacial score (nSPS) is 24.5. The van der Waals surface area contributed by atoms with E-state index in [1.807, 2.05) is 12.1 Å². The number of rotatable bonds is 3. The molecule has 0 aliphatic carbocycles. The van der Waals surface area contributed by atoms with Crippen molar-refractivity contribution in [3.8, 4) is 0 Å². The molecule has 1 atom stereocenters. The van der Waals surface area contributed by atoms with Gasteiger partial charge < -0.3 is 15.8 Å². The Kier molecular flexibility index (Phi) is 4.24. The van der Waals surface area contributed by atoms with Gasteiger partial charge in [0.1, 0.15) is 5.69 Å². The van der Waals surface area contributed by atoms with Crippen molar-refractivity contribution in [1.82, 2.24) is 9.88 Å². The van der Waals surface area contributed by atoms with E-state index < -0.39 is 0 Å². The van der Waals surface area contributed by atoms with Crippen molar-refractivity contribution in [3.05, 3.63) is 24.0 Å². The minimum absolute atomic E-state index is 0.0589. The predicted molar refractivity (Wildman–Crippen MR) is 82.8 cm³/mol. The second-order valence-corrected chi connectivity index (χ2v) is 5.87. The zero-order chi connectivity index (χ0) is 14.7. The summed E-state index contributed by atoms with van der Waals surface area (Å²) in [5.41, 5.74) is 7.24. The molecule has 6 nitrogen and oxygen atoms in total. The minimum Gasteiger partial charge on any atom is -0.409 e. The highest BCUT2D eigenvalue weighted by Gasteiger charge is 2.28. The number of oxime groups is 1. The highest BCUT2D eigenvalue weighted by molar-refractivity contribution is 5.95. The minimum atomic E-state index is 0.0589. The van der Waals surface area contributed by atoms with Crippen molar-refractivity contribution in [2.24, 2.45) is 10.9 Å². The lowest BCUT2D eigenvalue weighted by Gasteiger charge is -2.32. The maximum Gasteiger partial charge on any atom is 0.188 e. The van der Waals surface area contributed by atoms with Gasteiger partial charge in [0.25, 0.3) is 0 Å². The topological polar surface area (TPSA) is 78.0 Å². The molecule has 6 heteroatoms. The van der Waals surface area contributed by atoms with E-state index in [0.717, 1.165) is 18.8 Å². The zero-order valence-corrected chi connectivity index (χ0v) is 12.3. The number of anilines is 1. The first-order chi connectivity index (χ1) is 10.3. The van der Waals surface area contributed by atoms with E-state index in [-0.39, 0.29) is 5.84 Å². The van der Waals surface area contributed by atoms with Gasteiger partial charge in [-0.3, -0.25) is 9.88 Å². The van der Waals surface area contributed by atoms with E-state index >= 15 is 0 Å². The van der Waals surface area contributed by atoms with Crippen LogP contribution in [0, 0.1) is 0 Å². The molecule has 0 spiro atoms.